The second kappa shape index (κ2) is 6.39. The Morgan fingerprint density at radius 3 is 2.74 bits per heavy atom. The molecule has 0 radical (unpaired) electrons. The summed E-state index contributed by atoms with van der Waals surface area (Å²) in [5.74, 6) is 0.359. The molecule has 0 aliphatic carbocycles. The molecule has 0 aromatic carbocycles. The molecule has 0 bridgehead atoms. The van der Waals surface area contributed by atoms with E-state index in [0.29, 0.717) is 18.9 Å². The Morgan fingerprint density at radius 1 is 1.26 bits per heavy atom. The number of hydrogen-bond acceptors (Lipinski definition) is 5. The van der Waals surface area contributed by atoms with Gasteiger partial charge in [-0.3, -0.25) is 14.0 Å². The van der Waals surface area contributed by atoms with Crippen molar-refractivity contribution in [2.75, 3.05) is 6.54 Å². The molecule has 8 heteroatoms. The van der Waals surface area contributed by atoms with Crippen LogP contribution in [0.2, 0.25) is 0 Å². The number of hydrogen-bond donors (Lipinski definition) is 1. The highest BCUT2D eigenvalue weighted by molar-refractivity contribution is 5.92. The van der Waals surface area contributed by atoms with Gasteiger partial charge in [0.25, 0.3) is 5.91 Å². The molecule has 3 aromatic rings. The minimum atomic E-state index is -0.254. The van der Waals surface area contributed by atoms with Crippen molar-refractivity contribution in [3.63, 3.8) is 0 Å². The molecule has 118 valence electrons. The van der Waals surface area contributed by atoms with Gasteiger partial charge in [0, 0.05) is 24.6 Å². The summed E-state index contributed by atoms with van der Waals surface area (Å²) in [6.45, 7) is 5.03. The fourth-order valence-corrected chi connectivity index (χ4v) is 2.25. The number of carbonyl (C=O) groups excluding carboxylic acids is 1. The van der Waals surface area contributed by atoms with E-state index in [1.807, 2.05) is 24.6 Å². The summed E-state index contributed by atoms with van der Waals surface area (Å²) in [6, 6.07) is 5.37. The standard InChI is InChI=1S/C15H17N7O/c1-11-9-12(2)22(20-11)8-6-17-15(23)13-3-4-14(19-18-13)21-7-5-16-10-21/h3-5,7,9-10H,6,8H2,1-2H3,(H,17,23). The van der Waals surface area contributed by atoms with Crippen molar-refractivity contribution in [3.05, 3.63) is 54.0 Å². The smallest absolute Gasteiger partial charge is 0.271 e. The molecule has 1 amide bonds. The zero-order valence-corrected chi connectivity index (χ0v) is 13.0. The molecule has 0 saturated carbocycles. The van der Waals surface area contributed by atoms with Gasteiger partial charge < -0.3 is 5.32 Å². The van der Waals surface area contributed by atoms with Crippen LogP contribution in [0.5, 0.6) is 0 Å². The molecule has 0 spiro atoms. The third-order valence-corrected chi connectivity index (χ3v) is 3.36. The molecule has 8 nitrogen and oxygen atoms in total. The minimum absolute atomic E-state index is 0.254. The number of carbonyl (C=O) groups is 1. The van der Waals surface area contributed by atoms with Crippen LogP contribution in [-0.4, -0.2) is 42.0 Å². The zero-order chi connectivity index (χ0) is 16.2. The third kappa shape index (κ3) is 3.42. The van der Waals surface area contributed by atoms with Gasteiger partial charge in [-0.25, -0.2) is 4.98 Å². The number of amides is 1. The van der Waals surface area contributed by atoms with E-state index in [1.165, 1.54) is 0 Å². The Morgan fingerprint density at radius 2 is 2.13 bits per heavy atom. The Hall–Kier alpha value is -3.03. The highest BCUT2D eigenvalue weighted by Crippen LogP contribution is 2.03. The highest BCUT2D eigenvalue weighted by Gasteiger charge is 2.09. The van der Waals surface area contributed by atoms with Gasteiger partial charge >= 0.3 is 0 Å². The lowest BCUT2D eigenvalue weighted by molar-refractivity contribution is 0.0946. The van der Waals surface area contributed by atoms with Crippen LogP contribution in [-0.2, 0) is 6.54 Å². The lowest BCUT2D eigenvalue weighted by Crippen LogP contribution is -2.28. The molecule has 1 N–H and O–H groups in total. The molecule has 0 unspecified atom stereocenters. The summed E-state index contributed by atoms with van der Waals surface area (Å²) in [5.41, 5.74) is 2.32. The van der Waals surface area contributed by atoms with Gasteiger partial charge in [-0.1, -0.05) is 0 Å². The lowest BCUT2D eigenvalue weighted by Gasteiger charge is -2.07. The van der Waals surface area contributed by atoms with Crippen LogP contribution < -0.4 is 5.32 Å². The Kier molecular flexibility index (Phi) is 4.13. The third-order valence-electron chi connectivity index (χ3n) is 3.36. The first kappa shape index (κ1) is 14.9. The van der Waals surface area contributed by atoms with Crippen LogP contribution in [0, 0.1) is 13.8 Å². The monoisotopic (exact) mass is 311 g/mol. The van der Waals surface area contributed by atoms with Crippen LogP contribution in [0.3, 0.4) is 0 Å². The minimum Gasteiger partial charge on any atom is -0.349 e. The predicted octanol–water partition coefficient (Wildman–Crippen LogP) is 0.906. The maximum absolute atomic E-state index is 12.1. The largest absolute Gasteiger partial charge is 0.349 e. The molecule has 3 rings (SSSR count). The maximum Gasteiger partial charge on any atom is 0.271 e. The summed E-state index contributed by atoms with van der Waals surface area (Å²) in [4.78, 5) is 16.0. The molecule has 0 saturated heterocycles. The Bertz CT molecular complexity index is 790. The SMILES string of the molecule is Cc1cc(C)n(CCNC(=O)c2ccc(-n3ccnc3)nn2)n1. The van der Waals surface area contributed by atoms with E-state index in [1.54, 1.807) is 35.4 Å². The predicted molar refractivity (Wildman–Crippen MR) is 83.2 cm³/mol. The van der Waals surface area contributed by atoms with Crippen LogP contribution in [0.1, 0.15) is 21.9 Å². The van der Waals surface area contributed by atoms with Crippen molar-refractivity contribution < 1.29 is 4.79 Å². The van der Waals surface area contributed by atoms with Gasteiger partial charge in [-0.15, -0.1) is 10.2 Å². The summed E-state index contributed by atoms with van der Waals surface area (Å²) in [6.07, 6.45) is 5.04. The van der Waals surface area contributed by atoms with Crippen LogP contribution in [0.25, 0.3) is 5.82 Å². The Labute approximate surface area is 133 Å². The summed E-state index contributed by atoms with van der Waals surface area (Å²) in [5, 5.41) is 15.1. The van der Waals surface area contributed by atoms with E-state index in [9.17, 15) is 4.79 Å². The van der Waals surface area contributed by atoms with Gasteiger partial charge in [0.2, 0.25) is 0 Å². The van der Waals surface area contributed by atoms with Crippen molar-refractivity contribution in [3.8, 4) is 5.82 Å². The number of rotatable bonds is 5. The number of nitrogens with zero attached hydrogens (tertiary/aromatic N) is 6. The molecule has 23 heavy (non-hydrogen) atoms. The molecule has 0 aliphatic rings. The van der Waals surface area contributed by atoms with E-state index < -0.39 is 0 Å². The van der Waals surface area contributed by atoms with Crippen molar-refractivity contribution in [1.82, 2.24) is 34.8 Å². The summed E-state index contributed by atoms with van der Waals surface area (Å²) < 4.78 is 3.58. The quantitative estimate of drug-likeness (QED) is 0.756. The molecular formula is C15H17N7O. The van der Waals surface area contributed by atoms with Gasteiger partial charge in [-0.2, -0.15) is 5.10 Å². The van der Waals surface area contributed by atoms with Crippen molar-refractivity contribution in [1.29, 1.82) is 0 Å². The van der Waals surface area contributed by atoms with E-state index in [4.69, 9.17) is 0 Å². The molecule has 0 aliphatic heterocycles. The molecule has 3 heterocycles. The molecule has 3 aromatic heterocycles. The van der Waals surface area contributed by atoms with Crippen molar-refractivity contribution in [2.45, 2.75) is 20.4 Å². The first-order chi connectivity index (χ1) is 11.1. The van der Waals surface area contributed by atoms with Gasteiger partial charge in [-0.05, 0) is 32.0 Å². The van der Waals surface area contributed by atoms with Crippen LogP contribution >= 0.6 is 0 Å². The van der Waals surface area contributed by atoms with Gasteiger partial charge in [0.05, 0.1) is 12.2 Å². The second-order valence-electron chi connectivity index (χ2n) is 5.15. The van der Waals surface area contributed by atoms with Crippen LogP contribution in [0.4, 0.5) is 0 Å². The maximum atomic E-state index is 12.1. The van der Waals surface area contributed by atoms with Crippen molar-refractivity contribution >= 4 is 5.91 Å². The fourth-order valence-electron chi connectivity index (χ4n) is 2.25. The average Bonchev–Trinajstić information content (AvgIpc) is 3.18. The van der Waals surface area contributed by atoms with E-state index in [2.05, 4.69) is 25.6 Å². The van der Waals surface area contributed by atoms with E-state index in [0.717, 1.165) is 11.4 Å². The number of aromatic nitrogens is 6. The normalized spacial score (nSPS) is 10.7. The molecular weight excluding hydrogens is 294 g/mol. The lowest BCUT2D eigenvalue weighted by atomic mass is 10.3. The van der Waals surface area contributed by atoms with E-state index in [-0.39, 0.29) is 11.6 Å². The molecule has 0 fully saturated rings. The van der Waals surface area contributed by atoms with Gasteiger partial charge in [0.1, 0.15) is 6.33 Å². The summed E-state index contributed by atoms with van der Waals surface area (Å²) >= 11 is 0. The number of nitrogens with one attached hydrogen (secondary N) is 1. The molecule has 0 atom stereocenters. The second-order valence-corrected chi connectivity index (χ2v) is 5.15. The first-order valence-electron chi connectivity index (χ1n) is 7.25. The fraction of sp³-hybridized carbons (Fsp3) is 0.267. The highest BCUT2D eigenvalue weighted by atomic mass is 16.1. The number of aryl methyl sites for hydroxylation is 2. The first-order valence-corrected chi connectivity index (χ1v) is 7.25. The van der Waals surface area contributed by atoms with Crippen molar-refractivity contribution in [2.24, 2.45) is 0 Å². The van der Waals surface area contributed by atoms with Gasteiger partial charge in [0.15, 0.2) is 11.5 Å². The van der Waals surface area contributed by atoms with Crippen LogP contribution in [0.15, 0.2) is 36.9 Å². The average molecular weight is 311 g/mol. The number of imidazole rings is 1. The Balaban J connectivity index is 1.57. The zero-order valence-electron chi connectivity index (χ0n) is 13.0. The summed E-state index contributed by atoms with van der Waals surface area (Å²) in [7, 11) is 0. The topological polar surface area (TPSA) is 90.5 Å². The van der Waals surface area contributed by atoms with E-state index >= 15 is 0 Å².